The van der Waals surface area contributed by atoms with Gasteiger partial charge in [-0.25, -0.2) is 0 Å². The van der Waals surface area contributed by atoms with Gasteiger partial charge in [0, 0.05) is 17.5 Å². The van der Waals surface area contributed by atoms with E-state index in [0.29, 0.717) is 48.6 Å². The maximum atomic E-state index is 15.6. The van der Waals surface area contributed by atoms with E-state index >= 15 is 9.59 Å². The van der Waals surface area contributed by atoms with Crippen LogP contribution in [0.2, 0.25) is 18.1 Å². The number of ether oxygens (including phenoxy) is 3. The fraction of sp³-hybridized carbons (Fsp3) is 0.767. The molecule has 6 rings (SSSR count). The predicted octanol–water partition coefficient (Wildman–Crippen LogP) is 6.07. The van der Waals surface area contributed by atoms with Gasteiger partial charge in [0.2, 0.25) is 11.8 Å². The van der Waals surface area contributed by atoms with Crippen LogP contribution in [-0.2, 0) is 30.0 Å². The molecule has 1 saturated heterocycles. The number of hydrogen-bond acceptors (Lipinski definition) is 12. The zero-order chi connectivity index (χ0) is 41.6. The molecule has 3 fully saturated rings. The number of Topliss-reactive ketones (excluding diaryl/α,β-unsaturated/α-hetero) is 2. The average Bonchev–Trinajstić information content (AvgIpc) is 3.56. The monoisotopic (exact) mass is 812 g/mol. The molecule has 0 spiro atoms. The van der Waals surface area contributed by atoms with Crippen molar-refractivity contribution in [3.8, 4) is 11.5 Å². The summed E-state index contributed by atoms with van der Waals surface area (Å²) in [5.74, 6) is -2.70. The average molecular weight is 813 g/mol. The van der Waals surface area contributed by atoms with Crippen molar-refractivity contribution >= 4 is 37.4 Å². The lowest BCUT2D eigenvalue weighted by Crippen LogP contribution is -2.78. The number of oxime groups is 1. The number of methoxy groups -OCH3 is 1. The van der Waals surface area contributed by atoms with Crippen molar-refractivity contribution in [2.24, 2.45) is 28.8 Å². The van der Waals surface area contributed by atoms with Crippen LogP contribution in [0.3, 0.4) is 0 Å². The van der Waals surface area contributed by atoms with Crippen LogP contribution in [0.15, 0.2) is 11.2 Å². The van der Waals surface area contributed by atoms with E-state index in [4.69, 9.17) is 23.5 Å². The Kier molecular flexibility index (Phi) is 12.9. The fourth-order valence-electron chi connectivity index (χ4n) is 9.83. The van der Waals surface area contributed by atoms with E-state index in [1.54, 1.807) is 13.2 Å². The highest BCUT2D eigenvalue weighted by Crippen LogP contribution is 2.59. The summed E-state index contributed by atoms with van der Waals surface area (Å²) in [5, 5.41) is 20.3. The van der Waals surface area contributed by atoms with Crippen LogP contribution in [0.5, 0.6) is 11.5 Å². The van der Waals surface area contributed by atoms with E-state index in [1.807, 2.05) is 26.0 Å². The Morgan fingerprint density at radius 2 is 1.81 bits per heavy atom. The third-order valence-electron chi connectivity index (χ3n) is 13.9. The Morgan fingerprint density at radius 1 is 1.12 bits per heavy atom. The Bertz CT molecular complexity index is 1710. The van der Waals surface area contributed by atoms with Crippen molar-refractivity contribution in [2.75, 3.05) is 53.3 Å². The maximum absolute atomic E-state index is 15.6. The molecule has 1 aromatic carbocycles. The predicted molar refractivity (Wildman–Crippen MR) is 222 cm³/mol. The van der Waals surface area contributed by atoms with Crippen molar-refractivity contribution in [3.05, 3.63) is 17.2 Å². The molecular formula is C43H68N4O9Si. The van der Waals surface area contributed by atoms with Crippen LogP contribution in [0.1, 0.15) is 102 Å². The largest absolute Gasteiger partial charge is 0.496 e. The van der Waals surface area contributed by atoms with Gasteiger partial charge >= 0.3 is 0 Å². The van der Waals surface area contributed by atoms with Crippen LogP contribution in [-0.4, -0.2) is 124 Å². The van der Waals surface area contributed by atoms with Gasteiger partial charge < -0.3 is 38.8 Å². The van der Waals surface area contributed by atoms with E-state index in [0.717, 1.165) is 51.5 Å². The minimum atomic E-state index is -2.83. The molecule has 318 valence electrons. The van der Waals surface area contributed by atoms with Crippen LogP contribution in [0.4, 0.5) is 5.69 Å². The van der Waals surface area contributed by atoms with Crippen molar-refractivity contribution in [3.63, 3.8) is 0 Å². The molecule has 5 unspecified atom stereocenters. The summed E-state index contributed by atoms with van der Waals surface area (Å²) in [7, 11) is 4.60. The minimum absolute atomic E-state index is 0.169. The van der Waals surface area contributed by atoms with Crippen molar-refractivity contribution in [2.45, 2.75) is 140 Å². The molecule has 1 amide bonds. The van der Waals surface area contributed by atoms with Gasteiger partial charge in [0.05, 0.1) is 55.7 Å². The quantitative estimate of drug-likeness (QED) is 0.177. The number of unbranched alkanes of at least 4 members (excludes halogenated alkanes) is 2. The molecule has 13 nitrogen and oxygen atoms in total. The van der Waals surface area contributed by atoms with Crippen molar-refractivity contribution in [1.29, 1.82) is 0 Å². The highest BCUT2D eigenvalue weighted by molar-refractivity contribution is 6.74. The zero-order valence-electron chi connectivity index (χ0n) is 36.2. The highest BCUT2D eigenvalue weighted by atomic mass is 28.4. The number of benzene rings is 1. The second-order valence-electron chi connectivity index (χ2n) is 18.8. The van der Waals surface area contributed by atoms with Crippen LogP contribution >= 0.6 is 0 Å². The first-order chi connectivity index (χ1) is 26.9. The molecular weight excluding hydrogens is 745 g/mol. The number of ketones is 2. The number of piperidine rings is 1. The normalized spacial score (nSPS) is 31.4. The SMILES string of the molecule is CCCCOC1=NOC2C1C(=O)[C@@]1(O[Si](C)(C)C(C)(C)C)C(O)C3C(=O)c4c(c(OC)cc(NC(=O)C5CCCCN5C)c4OCCCC)C[C@H]3C[C@H]1[C@@H]2N(C)C. The zero-order valence-corrected chi connectivity index (χ0v) is 37.2. The lowest BCUT2D eigenvalue weighted by atomic mass is 9.51. The number of carbonyl (C=O) groups is 3. The van der Waals surface area contributed by atoms with E-state index in [2.05, 4.69) is 63.1 Å². The van der Waals surface area contributed by atoms with Gasteiger partial charge in [-0.05, 0) is 90.3 Å². The minimum Gasteiger partial charge on any atom is -0.496 e. The summed E-state index contributed by atoms with van der Waals surface area (Å²) in [4.78, 5) is 55.2. The molecule has 0 radical (unpaired) electrons. The Balaban J connectivity index is 1.50. The van der Waals surface area contributed by atoms with E-state index < -0.39 is 49.9 Å². The van der Waals surface area contributed by atoms with Gasteiger partial charge in [-0.15, -0.1) is 0 Å². The number of nitrogens with one attached hydrogen (secondary N) is 1. The molecule has 14 heteroatoms. The summed E-state index contributed by atoms with van der Waals surface area (Å²) in [6.45, 7) is 16.2. The first-order valence-electron chi connectivity index (χ1n) is 21.3. The molecule has 0 aromatic heterocycles. The molecule has 1 aromatic rings. The van der Waals surface area contributed by atoms with Gasteiger partial charge in [-0.2, -0.15) is 0 Å². The molecule has 3 aliphatic carbocycles. The third-order valence-corrected chi connectivity index (χ3v) is 18.4. The van der Waals surface area contributed by atoms with Crippen LogP contribution in [0, 0.1) is 23.7 Å². The van der Waals surface area contributed by atoms with Gasteiger partial charge in [0.15, 0.2) is 31.7 Å². The standard InChI is InChI=1S/C43H68N4O9Si/c1-12-14-20-53-36-28(44-40(51)29-18-16-17-19-47(29)8)24-30(52-9)26-22-25-23-27-34(46(6)7)37-33(41(45-55-37)54-21-15-13-2)39(50)43(27,56-57(10,11)42(3,4)5)38(49)31(25)35(48)32(26)36/h24-25,27,29,31,33-34,37-38,49H,12-23H2,1-11H3,(H,44,51)/t25-,27-,29?,31?,33?,34-,37?,38?,43-/m0/s1. The molecule has 9 atom stereocenters. The molecule has 2 N–H and O–H groups in total. The molecule has 5 aliphatic rings. The van der Waals surface area contributed by atoms with Crippen LogP contribution < -0.4 is 14.8 Å². The summed E-state index contributed by atoms with van der Waals surface area (Å²) in [5.41, 5.74) is -0.425. The van der Waals surface area contributed by atoms with Crippen LogP contribution in [0.25, 0.3) is 0 Å². The second-order valence-corrected chi connectivity index (χ2v) is 23.5. The Labute approximate surface area is 340 Å². The second kappa shape index (κ2) is 16.9. The number of likely N-dealkylation sites (tertiary alicyclic amines) is 1. The van der Waals surface area contributed by atoms with E-state index in [1.165, 1.54) is 0 Å². The maximum Gasteiger partial charge on any atom is 0.241 e. The summed E-state index contributed by atoms with van der Waals surface area (Å²) >= 11 is 0. The smallest absolute Gasteiger partial charge is 0.241 e. The molecule has 0 bridgehead atoms. The number of aliphatic hydroxyl groups is 1. The van der Waals surface area contributed by atoms with Gasteiger partial charge in [0.25, 0.3) is 0 Å². The topological polar surface area (TPSA) is 148 Å². The van der Waals surface area contributed by atoms with Gasteiger partial charge in [0.1, 0.15) is 17.3 Å². The molecule has 2 saturated carbocycles. The van der Waals surface area contributed by atoms with Crippen molar-refractivity contribution in [1.82, 2.24) is 9.80 Å². The van der Waals surface area contributed by atoms with Gasteiger partial charge in [-0.1, -0.05) is 59.0 Å². The summed E-state index contributed by atoms with van der Waals surface area (Å²) in [6.07, 6.45) is 4.66. The van der Waals surface area contributed by atoms with E-state index in [-0.39, 0.29) is 46.1 Å². The number of carbonyl (C=O) groups excluding carboxylic acids is 3. The number of hydrogen-bond donors (Lipinski definition) is 2. The van der Waals surface area contributed by atoms with Gasteiger partial charge in [-0.3, -0.25) is 19.3 Å². The van der Waals surface area contributed by atoms with E-state index in [9.17, 15) is 9.90 Å². The number of rotatable bonds is 13. The number of amides is 1. The summed E-state index contributed by atoms with van der Waals surface area (Å²) in [6, 6.07) is 1.06. The Hall–Kier alpha value is -3.04. The summed E-state index contributed by atoms with van der Waals surface area (Å²) < 4.78 is 26.0. The molecule has 2 aliphatic heterocycles. The highest BCUT2D eigenvalue weighted by Gasteiger charge is 2.73. The number of likely N-dealkylation sites (N-methyl/N-ethyl adjacent to an activating group) is 2. The third kappa shape index (κ3) is 7.66. The number of aliphatic hydroxyl groups excluding tert-OH is 1. The molecule has 57 heavy (non-hydrogen) atoms. The lowest BCUT2D eigenvalue weighted by Gasteiger charge is -2.61. The lowest BCUT2D eigenvalue weighted by molar-refractivity contribution is -0.210. The number of fused-ring (bicyclic) bond motifs is 4. The number of nitrogens with zero attached hydrogens (tertiary/aromatic N) is 3. The fourth-order valence-corrected chi connectivity index (χ4v) is 11.4. The van der Waals surface area contributed by atoms with Crippen molar-refractivity contribution < 1.29 is 43.0 Å². The Morgan fingerprint density at radius 3 is 2.42 bits per heavy atom. The number of anilines is 1. The first kappa shape index (κ1) is 43.5. The molecule has 2 heterocycles. The first-order valence-corrected chi connectivity index (χ1v) is 24.2.